The first-order valence-electron chi connectivity index (χ1n) is 9.51. The first-order chi connectivity index (χ1) is 15.2. The second kappa shape index (κ2) is 8.03. The van der Waals surface area contributed by atoms with Crippen LogP contribution >= 0.6 is 0 Å². The molecule has 0 saturated carbocycles. The number of carbonyl (C=O) groups is 1. The number of carbonyl (C=O) groups excluding carboxylic acids is 1. The lowest BCUT2D eigenvalue weighted by atomic mass is 10.1. The molecule has 0 radical (unpaired) electrons. The second-order valence-electron chi connectivity index (χ2n) is 7.06. The highest BCUT2D eigenvalue weighted by atomic mass is 19.2. The molecule has 10 heteroatoms. The lowest BCUT2D eigenvalue weighted by molar-refractivity contribution is 0.101. The molecule has 3 aromatic carbocycles. The summed E-state index contributed by atoms with van der Waals surface area (Å²) in [7, 11) is 0. The number of nitrogens with zero attached hydrogens (tertiary/aromatic N) is 3. The predicted octanol–water partition coefficient (Wildman–Crippen LogP) is 5.24. The Morgan fingerprint density at radius 1 is 0.875 bits per heavy atom. The van der Waals surface area contributed by atoms with Crippen LogP contribution in [0.3, 0.4) is 0 Å². The predicted molar refractivity (Wildman–Crippen MR) is 107 cm³/mol. The number of benzene rings is 3. The van der Waals surface area contributed by atoms with Crippen LogP contribution in [0.4, 0.5) is 27.6 Å². The van der Waals surface area contributed by atoms with Gasteiger partial charge in [-0.25, -0.2) is 22.0 Å². The van der Waals surface area contributed by atoms with Crippen molar-refractivity contribution in [1.29, 1.82) is 0 Å². The minimum Gasteiger partial charge on any atom is -0.321 e. The van der Waals surface area contributed by atoms with Crippen LogP contribution in [-0.4, -0.2) is 20.9 Å². The summed E-state index contributed by atoms with van der Waals surface area (Å²) >= 11 is 0. The maximum atomic E-state index is 13.9. The zero-order chi connectivity index (χ0) is 23.2. The molecule has 1 N–H and O–H groups in total. The van der Waals surface area contributed by atoms with Gasteiger partial charge in [-0.3, -0.25) is 4.79 Å². The van der Waals surface area contributed by atoms with Gasteiger partial charge in [-0.2, -0.15) is 4.80 Å². The molecule has 0 aliphatic carbocycles. The number of halogens is 5. The minimum absolute atomic E-state index is 0.0832. The van der Waals surface area contributed by atoms with Crippen LogP contribution < -0.4 is 5.32 Å². The van der Waals surface area contributed by atoms with Crippen LogP contribution in [0.1, 0.15) is 28.4 Å². The van der Waals surface area contributed by atoms with E-state index < -0.39 is 40.6 Å². The first-order valence-corrected chi connectivity index (χ1v) is 9.51. The van der Waals surface area contributed by atoms with E-state index in [0.29, 0.717) is 22.3 Å². The molecule has 1 aromatic heterocycles. The summed E-state index contributed by atoms with van der Waals surface area (Å²) in [5.41, 5.74) is 1.63. The average Bonchev–Trinajstić information content (AvgIpc) is 3.19. The Balaban J connectivity index is 1.70. The van der Waals surface area contributed by atoms with E-state index in [1.54, 1.807) is 13.0 Å². The molecular formula is C22H15F5N4O. The van der Waals surface area contributed by atoms with Gasteiger partial charge in [0, 0.05) is 5.69 Å². The molecule has 0 bridgehead atoms. The van der Waals surface area contributed by atoms with Gasteiger partial charge in [0.25, 0.3) is 5.91 Å². The molecule has 4 rings (SSSR count). The Labute approximate surface area is 178 Å². The average molecular weight is 446 g/mol. The van der Waals surface area contributed by atoms with Gasteiger partial charge in [0.05, 0.1) is 5.69 Å². The van der Waals surface area contributed by atoms with Gasteiger partial charge < -0.3 is 5.32 Å². The minimum atomic E-state index is -2.34. The fraction of sp³-hybridized carbons (Fsp3) is 0.136. The number of fused-ring (bicyclic) bond motifs is 1. The van der Waals surface area contributed by atoms with Gasteiger partial charge in [-0.15, -0.1) is 10.2 Å². The number of aryl methyl sites for hydroxylation is 2. The maximum Gasteiger partial charge on any atom is 0.261 e. The largest absolute Gasteiger partial charge is 0.321 e. The van der Waals surface area contributed by atoms with Crippen molar-refractivity contribution < 1.29 is 26.7 Å². The number of amides is 1. The van der Waals surface area contributed by atoms with Gasteiger partial charge in [-0.1, -0.05) is 19.1 Å². The van der Waals surface area contributed by atoms with Gasteiger partial charge in [0.15, 0.2) is 23.3 Å². The lowest BCUT2D eigenvalue weighted by Gasteiger charge is -2.11. The van der Waals surface area contributed by atoms with Crippen molar-refractivity contribution in [2.75, 3.05) is 5.32 Å². The van der Waals surface area contributed by atoms with Crippen molar-refractivity contribution in [2.24, 2.45) is 0 Å². The van der Waals surface area contributed by atoms with Crippen LogP contribution in [-0.2, 0) is 6.42 Å². The maximum absolute atomic E-state index is 13.9. The van der Waals surface area contributed by atoms with Crippen LogP contribution in [0.15, 0.2) is 36.4 Å². The van der Waals surface area contributed by atoms with E-state index in [9.17, 15) is 26.7 Å². The van der Waals surface area contributed by atoms with Crippen molar-refractivity contribution in [2.45, 2.75) is 20.3 Å². The molecule has 0 aliphatic heterocycles. The van der Waals surface area contributed by atoms with E-state index in [4.69, 9.17) is 0 Å². The normalized spacial score (nSPS) is 11.2. The fourth-order valence-electron chi connectivity index (χ4n) is 3.17. The Kier molecular flexibility index (Phi) is 5.37. The molecule has 0 saturated heterocycles. The number of anilines is 1. The molecule has 1 amide bonds. The third-order valence-corrected chi connectivity index (χ3v) is 4.99. The number of rotatable bonds is 4. The molecule has 164 valence electrons. The summed E-state index contributed by atoms with van der Waals surface area (Å²) in [5.74, 6) is -12.6. The molecule has 0 atom stereocenters. The van der Waals surface area contributed by atoms with Crippen molar-refractivity contribution in [3.05, 3.63) is 82.2 Å². The van der Waals surface area contributed by atoms with Crippen molar-refractivity contribution in [3.8, 4) is 5.69 Å². The third kappa shape index (κ3) is 3.57. The summed E-state index contributed by atoms with van der Waals surface area (Å²) in [5, 5.41) is 10.9. The molecule has 4 aromatic rings. The van der Waals surface area contributed by atoms with E-state index in [2.05, 4.69) is 15.5 Å². The van der Waals surface area contributed by atoms with Crippen molar-refractivity contribution in [1.82, 2.24) is 15.0 Å². The monoisotopic (exact) mass is 446 g/mol. The Bertz CT molecular complexity index is 1340. The van der Waals surface area contributed by atoms with E-state index in [0.717, 1.165) is 12.0 Å². The molecule has 32 heavy (non-hydrogen) atoms. The number of aromatic nitrogens is 3. The molecule has 0 aliphatic rings. The van der Waals surface area contributed by atoms with E-state index in [1.807, 2.05) is 31.2 Å². The van der Waals surface area contributed by atoms with Crippen LogP contribution in [0.25, 0.3) is 16.7 Å². The van der Waals surface area contributed by atoms with E-state index in [-0.39, 0.29) is 5.69 Å². The van der Waals surface area contributed by atoms with Gasteiger partial charge in [0.2, 0.25) is 5.82 Å². The van der Waals surface area contributed by atoms with E-state index in [1.165, 1.54) is 10.9 Å². The molecule has 0 spiro atoms. The SMILES string of the molecule is CCc1ccc(-n2nc3cc(C)c(NC(=O)c4c(F)c(F)c(F)c(F)c4F)cc3n2)cc1. The summed E-state index contributed by atoms with van der Waals surface area (Å²) in [6, 6.07) is 10.5. The quantitative estimate of drug-likeness (QED) is 0.265. The van der Waals surface area contributed by atoms with Gasteiger partial charge in [0.1, 0.15) is 16.6 Å². The molecular weight excluding hydrogens is 431 g/mol. The number of hydrogen-bond donors (Lipinski definition) is 1. The summed E-state index contributed by atoms with van der Waals surface area (Å²) in [6.07, 6.45) is 0.875. The lowest BCUT2D eigenvalue weighted by Crippen LogP contribution is -2.19. The highest BCUT2D eigenvalue weighted by molar-refractivity contribution is 6.05. The Hall–Kier alpha value is -3.82. The topological polar surface area (TPSA) is 59.8 Å². The molecule has 5 nitrogen and oxygen atoms in total. The Morgan fingerprint density at radius 3 is 1.97 bits per heavy atom. The van der Waals surface area contributed by atoms with Crippen LogP contribution in [0, 0.1) is 36.0 Å². The van der Waals surface area contributed by atoms with Crippen LogP contribution in [0.5, 0.6) is 0 Å². The third-order valence-electron chi connectivity index (χ3n) is 4.99. The van der Waals surface area contributed by atoms with Crippen molar-refractivity contribution >= 4 is 22.6 Å². The summed E-state index contributed by atoms with van der Waals surface area (Å²) in [6.45, 7) is 3.61. The Morgan fingerprint density at radius 2 is 1.41 bits per heavy atom. The smallest absolute Gasteiger partial charge is 0.261 e. The van der Waals surface area contributed by atoms with Gasteiger partial charge >= 0.3 is 0 Å². The highest BCUT2D eigenvalue weighted by Gasteiger charge is 2.30. The fourth-order valence-corrected chi connectivity index (χ4v) is 3.17. The standard InChI is InChI=1S/C22H15F5N4O/c1-3-11-4-6-12(7-5-11)31-29-14-8-10(2)13(9-15(14)30-31)28-22(32)16-17(23)19(25)21(27)20(26)18(16)24/h4-9H,3H2,1-2H3,(H,28,32). The molecule has 1 heterocycles. The van der Waals surface area contributed by atoms with E-state index >= 15 is 0 Å². The number of hydrogen-bond acceptors (Lipinski definition) is 3. The summed E-state index contributed by atoms with van der Waals surface area (Å²) in [4.78, 5) is 13.7. The zero-order valence-electron chi connectivity index (χ0n) is 16.8. The molecule has 0 unspecified atom stereocenters. The summed E-state index contributed by atoms with van der Waals surface area (Å²) < 4.78 is 68.0. The molecule has 0 fully saturated rings. The first kappa shape index (κ1) is 21.4. The van der Waals surface area contributed by atoms with Crippen molar-refractivity contribution in [3.63, 3.8) is 0 Å². The second-order valence-corrected chi connectivity index (χ2v) is 7.06. The zero-order valence-corrected chi connectivity index (χ0v) is 16.8. The highest BCUT2D eigenvalue weighted by Crippen LogP contribution is 2.26. The van der Waals surface area contributed by atoms with Crippen LogP contribution in [0.2, 0.25) is 0 Å². The number of nitrogens with one attached hydrogen (secondary N) is 1. The van der Waals surface area contributed by atoms with Gasteiger partial charge in [-0.05, 0) is 48.7 Å².